The highest BCUT2D eigenvalue weighted by Gasteiger charge is 2.27. The van der Waals surface area contributed by atoms with E-state index in [2.05, 4.69) is 0 Å². The predicted molar refractivity (Wildman–Crippen MR) is 154 cm³/mol. The van der Waals surface area contributed by atoms with Gasteiger partial charge in [0.25, 0.3) is 0 Å². The molecular weight excluding hydrogens is 448 g/mol. The molecule has 0 radical (unpaired) electrons. The summed E-state index contributed by atoms with van der Waals surface area (Å²) in [5.74, 6) is 1.26. The first-order valence-electron chi connectivity index (χ1n) is 17.4. The maximum atomic E-state index is 9.42. The number of hydrogen-bond acceptors (Lipinski definition) is 1. The SMILES string of the molecule is [2H]c1c([2H])c([2H])c2c(-c3ccc4c(c3)-c3cccc5cccc(c35)O4)c3c(c([2H])c2c1[2H])-c1c([2H])c([2H])c([2H])c2c([2H])c([2H])c([2H])c-3c12. The number of ether oxygens (including phenoxy) is 1. The second-order valence-electron chi connectivity index (χ2n) is 9.22. The summed E-state index contributed by atoms with van der Waals surface area (Å²) in [6.45, 7) is 0. The molecule has 0 unspecified atom stereocenters. The van der Waals surface area contributed by atoms with E-state index < -0.39 is 54.4 Å². The van der Waals surface area contributed by atoms with Crippen molar-refractivity contribution in [2.24, 2.45) is 0 Å². The minimum atomic E-state index is -0.536. The number of benzene rings is 7. The topological polar surface area (TPSA) is 9.23 Å². The van der Waals surface area contributed by atoms with E-state index in [1.807, 2.05) is 42.5 Å². The Morgan fingerprint density at radius 2 is 1.32 bits per heavy atom. The molecule has 1 heterocycles. The molecule has 0 spiro atoms. The fourth-order valence-corrected chi connectivity index (χ4v) is 5.82. The Morgan fingerprint density at radius 3 is 2.24 bits per heavy atom. The molecule has 0 aromatic heterocycles. The summed E-state index contributed by atoms with van der Waals surface area (Å²) in [6.07, 6.45) is 0. The van der Waals surface area contributed by atoms with Crippen LogP contribution < -0.4 is 4.74 Å². The van der Waals surface area contributed by atoms with Gasteiger partial charge in [0.2, 0.25) is 0 Å². The highest BCUT2D eigenvalue weighted by molar-refractivity contribution is 6.22. The lowest BCUT2D eigenvalue weighted by Crippen LogP contribution is -1.97. The van der Waals surface area contributed by atoms with Crippen LogP contribution in [0.1, 0.15) is 15.1 Å². The van der Waals surface area contributed by atoms with E-state index >= 15 is 0 Å². The summed E-state index contributed by atoms with van der Waals surface area (Å²) in [5, 5.41) is 1.85. The van der Waals surface area contributed by atoms with Crippen molar-refractivity contribution < 1.29 is 19.8 Å². The lowest BCUT2D eigenvalue weighted by atomic mass is 9.86. The molecule has 0 N–H and O–H groups in total. The largest absolute Gasteiger partial charge is 0.456 e. The number of hydrogen-bond donors (Lipinski definition) is 0. The molecule has 7 aromatic rings. The molecule has 0 fully saturated rings. The minimum absolute atomic E-state index is 0.0330. The van der Waals surface area contributed by atoms with E-state index in [0.717, 1.165) is 16.3 Å². The minimum Gasteiger partial charge on any atom is -0.456 e. The van der Waals surface area contributed by atoms with Gasteiger partial charge < -0.3 is 4.74 Å². The summed E-state index contributed by atoms with van der Waals surface area (Å²) in [5.41, 5.74) is 2.74. The fraction of sp³-hybridized carbons (Fsp3) is 0. The number of fused-ring (bicyclic) bond motifs is 6. The van der Waals surface area contributed by atoms with Gasteiger partial charge in [-0.15, -0.1) is 0 Å². The number of rotatable bonds is 1. The van der Waals surface area contributed by atoms with Crippen molar-refractivity contribution in [1.82, 2.24) is 0 Å². The van der Waals surface area contributed by atoms with Gasteiger partial charge in [0.1, 0.15) is 11.5 Å². The smallest absolute Gasteiger partial charge is 0.135 e. The van der Waals surface area contributed by atoms with Crippen LogP contribution in [0.2, 0.25) is 0 Å². The van der Waals surface area contributed by atoms with Crippen LogP contribution in [0.4, 0.5) is 0 Å². The Kier molecular flexibility index (Phi) is 2.21. The lowest BCUT2D eigenvalue weighted by Gasteiger charge is -2.23. The summed E-state index contributed by atoms with van der Waals surface area (Å²) in [6, 6.07) is 12.2. The predicted octanol–water partition coefficient (Wildman–Crippen LogP) is 10.2. The van der Waals surface area contributed by atoms with E-state index in [-0.39, 0.29) is 61.4 Å². The second kappa shape index (κ2) is 6.87. The summed E-state index contributed by atoms with van der Waals surface area (Å²) in [7, 11) is 0. The van der Waals surface area contributed by atoms with Crippen LogP contribution in [0, 0.1) is 0 Å². The van der Waals surface area contributed by atoms with Crippen molar-refractivity contribution in [3.8, 4) is 56.0 Å². The molecule has 37 heavy (non-hydrogen) atoms. The molecule has 1 aliphatic heterocycles. The average Bonchev–Trinajstić information content (AvgIpc) is 3.44. The van der Waals surface area contributed by atoms with Gasteiger partial charge in [-0.05, 0) is 90.1 Å². The summed E-state index contributed by atoms with van der Waals surface area (Å²) in [4.78, 5) is 0. The molecule has 0 saturated heterocycles. The third-order valence-electron chi connectivity index (χ3n) is 7.33. The third-order valence-corrected chi connectivity index (χ3v) is 7.33. The van der Waals surface area contributed by atoms with Gasteiger partial charge >= 0.3 is 0 Å². The molecule has 0 atom stereocenters. The first-order valence-corrected chi connectivity index (χ1v) is 11.9. The van der Waals surface area contributed by atoms with Crippen LogP contribution in [0.15, 0.2) is 121 Å². The van der Waals surface area contributed by atoms with Crippen molar-refractivity contribution in [3.63, 3.8) is 0 Å². The van der Waals surface area contributed by atoms with Gasteiger partial charge in [-0.25, -0.2) is 0 Å². The Morgan fingerprint density at radius 1 is 0.514 bits per heavy atom. The molecule has 9 rings (SSSR count). The molecule has 1 nitrogen and oxygen atoms in total. The standard InChI is InChI=1S/C36H20O/c1-2-12-25-23(7-1)19-30-27-14-3-8-21-9-5-15-28(33(21)27)36(30)35(25)24-17-18-31-29(20-24)26-13-4-10-22-11-6-16-32(37-31)34(22)26/h1-20H/i1D,2D,3D,5D,7D,8D,9D,12D,14D,15D,19D. The molecule has 0 saturated carbocycles. The van der Waals surface area contributed by atoms with Crippen LogP contribution in [0.25, 0.3) is 76.8 Å². The van der Waals surface area contributed by atoms with Gasteiger partial charge in [0, 0.05) is 10.9 Å². The van der Waals surface area contributed by atoms with Gasteiger partial charge in [0.15, 0.2) is 0 Å². The van der Waals surface area contributed by atoms with Crippen LogP contribution >= 0.6 is 0 Å². The molecule has 1 aliphatic carbocycles. The molecule has 0 amide bonds. The van der Waals surface area contributed by atoms with Crippen molar-refractivity contribution in [2.75, 3.05) is 0 Å². The lowest BCUT2D eigenvalue weighted by molar-refractivity contribution is 0.487. The van der Waals surface area contributed by atoms with Crippen LogP contribution in [0.3, 0.4) is 0 Å². The third kappa shape index (κ3) is 2.48. The summed E-state index contributed by atoms with van der Waals surface area (Å²) >= 11 is 0. The van der Waals surface area contributed by atoms with Crippen LogP contribution in [0.5, 0.6) is 11.5 Å². The average molecular weight is 480 g/mol. The highest BCUT2D eigenvalue weighted by atomic mass is 16.5. The quantitative estimate of drug-likeness (QED) is 0.227. The van der Waals surface area contributed by atoms with Crippen molar-refractivity contribution >= 4 is 32.3 Å². The normalized spacial score (nSPS) is 16.7. The second-order valence-corrected chi connectivity index (χ2v) is 9.22. The van der Waals surface area contributed by atoms with Gasteiger partial charge in [-0.1, -0.05) is 96.8 Å². The molecule has 7 aromatic carbocycles. The van der Waals surface area contributed by atoms with Crippen LogP contribution in [-0.2, 0) is 0 Å². The van der Waals surface area contributed by atoms with Gasteiger partial charge in [0.05, 0.1) is 15.1 Å². The molecule has 0 bridgehead atoms. The van der Waals surface area contributed by atoms with Crippen molar-refractivity contribution in [3.05, 3.63) is 121 Å². The van der Waals surface area contributed by atoms with Crippen LogP contribution in [-0.4, -0.2) is 0 Å². The van der Waals surface area contributed by atoms with Crippen molar-refractivity contribution in [1.29, 1.82) is 0 Å². The first-order chi connectivity index (χ1) is 22.9. The zero-order chi connectivity index (χ0) is 33.7. The monoisotopic (exact) mass is 479 g/mol. The van der Waals surface area contributed by atoms with E-state index in [4.69, 9.17) is 18.4 Å². The van der Waals surface area contributed by atoms with Gasteiger partial charge in [-0.2, -0.15) is 0 Å². The Labute approximate surface area is 229 Å². The van der Waals surface area contributed by atoms with Crippen molar-refractivity contribution in [2.45, 2.75) is 0 Å². The Bertz CT molecular complexity index is 2700. The van der Waals surface area contributed by atoms with E-state index in [1.54, 1.807) is 12.1 Å². The van der Waals surface area contributed by atoms with E-state index in [9.17, 15) is 1.37 Å². The van der Waals surface area contributed by atoms with Gasteiger partial charge in [-0.3, -0.25) is 0 Å². The van der Waals surface area contributed by atoms with E-state index in [1.165, 1.54) is 0 Å². The zero-order valence-electron chi connectivity index (χ0n) is 30.1. The van der Waals surface area contributed by atoms with E-state index in [0.29, 0.717) is 22.6 Å². The maximum absolute atomic E-state index is 9.42. The summed E-state index contributed by atoms with van der Waals surface area (Å²) < 4.78 is 103. The molecule has 2 aliphatic rings. The highest BCUT2D eigenvalue weighted by Crippen LogP contribution is 2.54. The zero-order valence-corrected chi connectivity index (χ0v) is 19.1. The Balaban J connectivity index is 1.52. The Hall–Kier alpha value is -4.88. The molecule has 170 valence electrons. The fourth-order valence-electron chi connectivity index (χ4n) is 5.82. The molecule has 1 heteroatoms. The first kappa shape index (κ1) is 11.9. The molecular formula is C36H20O. The maximum Gasteiger partial charge on any atom is 0.135 e.